The SMILES string of the molecule is COCCN(C)CCOc1ccc(CN(CCO)c2cccc(OC)c2)cc1F. The number of hydrogen-bond donors (Lipinski definition) is 1. The van der Waals surface area contributed by atoms with Crippen LogP contribution in [0.25, 0.3) is 0 Å². The van der Waals surface area contributed by atoms with Crippen molar-refractivity contribution < 1.29 is 23.7 Å². The van der Waals surface area contributed by atoms with Crippen LogP contribution in [0.2, 0.25) is 0 Å². The number of likely N-dealkylation sites (N-methyl/N-ethyl adjacent to an activating group) is 1. The van der Waals surface area contributed by atoms with Crippen LogP contribution < -0.4 is 14.4 Å². The standard InChI is InChI=1S/C22H31FN2O4/c1-24(10-13-27-2)11-14-29-22-8-7-18(15-21(22)23)17-25(9-12-26)19-5-4-6-20(16-19)28-3/h4-8,15-16,26H,9-14,17H2,1-3H3. The molecule has 0 aliphatic rings. The molecule has 0 amide bonds. The summed E-state index contributed by atoms with van der Waals surface area (Å²) in [6.45, 7) is 3.42. The summed E-state index contributed by atoms with van der Waals surface area (Å²) < 4.78 is 30.4. The molecule has 0 heterocycles. The predicted molar refractivity (Wildman–Crippen MR) is 112 cm³/mol. The van der Waals surface area contributed by atoms with E-state index in [4.69, 9.17) is 14.2 Å². The number of methoxy groups -OCH3 is 2. The van der Waals surface area contributed by atoms with E-state index < -0.39 is 5.82 Å². The quantitative estimate of drug-likeness (QED) is 0.552. The zero-order valence-electron chi connectivity index (χ0n) is 17.4. The highest BCUT2D eigenvalue weighted by Gasteiger charge is 2.11. The summed E-state index contributed by atoms with van der Waals surface area (Å²) in [5, 5.41) is 9.42. The first kappa shape index (κ1) is 22.9. The van der Waals surface area contributed by atoms with E-state index in [9.17, 15) is 9.50 Å². The van der Waals surface area contributed by atoms with Gasteiger partial charge < -0.3 is 29.1 Å². The van der Waals surface area contributed by atoms with Crippen molar-refractivity contribution in [3.05, 3.63) is 53.8 Å². The highest BCUT2D eigenvalue weighted by Crippen LogP contribution is 2.24. The van der Waals surface area contributed by atoms with Crippen molar-refractivity contribution in [1.29, 1.82) is 0 Å². The van der Waals surface area contributed by atoms with Crippen molar-refractivity contribution in [2.75, 3.05) is 65.6 Å². The van der Waals surface area contributed by atoms with E-state index in [0.717, 1.165) is 23.5 Å². The zero-order chi connectivity index (χ0) is 21.1. The second-order valence-corrected chi connectivity index (χ2v) is 6.76. The summed E-state index contributed by atoms with van der Waals surface area (Å²) in [4.78, 5) is 4.04. The Morgan fingerprint density at radius 3 is 2.48 bits per heavy atom. The predicted octanol–water partition coefficient (Wildman–Crippen LogP) is 2.79. The van der Waals surface area contributed by atoms with Crippen LogP contribution in [0.4, 0.5) is 10.1 Å². The fourth-order valence-corrected chi connectivity index (χ4v) is 2.88. The maximum absolute atomic E-state index is 14.5. The van der Waals surface area contributed by atoms with Crippen LogP contribution in [0, 0.1) is 5.82 Å². The van der Waals surface area contributed by atoms with E-state index in [1.807, 2.05) is 42.3 Å². The lowest BCUT2D eigenvalue weighted by Crippen LogP contribution is -2.27. The number of benzene rings is 2. The summed E-state index contributed by atoms with van der Waals surface area (Å²) in [6.07, 6.45) is 0. The topological polar surface area (TPSA) is 54.4 Å². The van der Waals surface area contributed by atoms with E-state index in [2.05, 4.69) is 4.90 Å². The summed E-state index contributed by atoms with van der Waals surface area (Å²) in [7, 11) is 5.24. The monoisotopic (exact) mass is 406 g/mol. The van der Waals surface area contributed by atoms with Gasteiger partial charge in [0, 0.05) is 45.0 Å². The fourth-order valence-electron chi connectivity index (χ4n) is 2.88. The number of ether oxygens (including phenoxy) is 3. The van der Waals surface area contributed by atoms with Gasteiger partial charge in [-0.3, -0.25) is 0 Å². The molecular weight excluding hydrogens is 375 g/mol. The highest BCUT2D eigenvalue weighted by molar-refractivity contribution is 5.51. The fraction of sp³-hybridized carbons (Fsp3) is 0.455. The molecule has 160 valence electrons. The van der Waals surface area contributed by atoms with Crippen molar-refractivity contribution >= 4 is 5.69 Å². The molecule has 2 rings (SSSR count). The molecule has 2 aromatic rings. The molecule has 29 heavy (non-hydrogen) atoms. The summed E-state index contributed by atoms with van der Waals surface area (Å²) in [5.41, 5.74) is 1.70. The number of nitrogens with zero attached hydrogens (tertiary/aromatic N) is 2. The van der Waals surface area contributed by atoms with Crippen molar-refractivity contribution in [3.8, 4) is 11.5 Å². The first-order valence-electron chi connectivity index (χ1n) is 9.66. The molecule has 0 aliphatic carbocycles. The van der Waals surface area contributed by atoms with E-state index in [-0.39, 0.29) is 12.4 Å². The van der Waals surface area contributed by atoms with Crippen molar-refractivity contribution in [2.24, 2.45) is 0 Å². The van der Waals surface area contributed by atoms with Gasteiger partial charge in [0.1, 0.15) is 12.4 Å². The molecule has 2 aromatic carbocycles. The Labute approximate surface area is 172 Å². The van der Waals surface area contributed by atoms with Gasteiger partial charge in [0.2, 0.25) is 0 Å². The zero-order valence-corrected chi connectivity index (χ0v) is 17.4. The highest BCUT2D eigenvalue weighted by atomic mass is 19.1. The van der Waals surface area contributed by atoms with Crippen molar-refractivity contribution in [1.82, 2.24) is 4.90 Å². The molecule has 0 bridgehead atoms. The molecule has 0 aliphatic heterocycles. The van der Waals surface area contributed by atoms with E-state index >= 15 is 0 Å². The number of hydrogen-bond acceptors (Lipinski definition) is 6. The van der Waals surface area contributed by atoms with Crippen LogP contribution in [-0.2, 0) is 11.3 Å². The number of anilines is 1. The summed E-state index contributed by atoms with van der Waals surface area (Å²) >= 11 is 0. The normalized spacial score (nSPS) is 11.0. The van der Waals surface area contributed by atoms with Gasteiger partial charge in [-0.1, -0.05) is 12.1 Å². The van der Waals surface area contributed by atoms with Crippen LogP contribution in [-0.4, -0.2) is 70.7 Å². The minimum absolute atomic E-state index is 0.00250. The van der Waals surface area contributed by atoms with Gasteiger partial charge in [0.25, 0.3) is 0 Å². The van der Waals surface area contributed by atoms with E-state index in [1.165, 1.54) is 6.07 Å². The lowest BCUT2D eigenvalue weighted by atomic mass is 10.1. The van der Waals surface area contributed by atoms with Crippen LogP contribution in [0.5, 0.6) is 11.5 Å². The molecule has 1 N–H and O–H groups in total. The molecule has 0 unspecified atom stereocenters. The van der Waals surface area contributed by atoms with Gasteiger partial charge in [-0.15, -0.1) is 0 Å². The maximum atomic E-state index is 14.5. The lowest BCUT2D eigenvalue weighted by Gasteiger charge is -2.24. The molecule has 0 aromatic heterocycles. The van der Waals surface area contributed by atoms with Crippen molar-refractivity contribution in [2.45, 2.75) is 6.54 Å². The largest absolute Gasteiger partial charge is 0.497 e. The average molecular weight is 406 g/mol. The minimum Gasteiger partial charge on any atom is -0.497 e. The van der Waals surface area contributed by atoms with E-state index in [0.29, 0.717) is 32.8 Å². The van der Waals surface area contributed by atoms with Gasteiger partial charge in [-0.05, 0) is 36.9 Å². The van der Waals surface area contributed by atoms with Gasteiger partial charge in [0.15, 0.2) is 11.6 Å². The number of rotatable bonds is 13. The number of halogens is 1. The number of aliphatic hydroxyl groups excluding tert-OH is 1. The molecule has 0 spiro atoms. The Bertz CT molecular complexity index is 745. The summed E-state index contributed by atoms with van der Waals surface area (Å²) in [5.74, 6) is 0.580. The molecule has 0 saturated heterocycles. The molecule has 0 atom stereocenters. The number of aliphatic hydroxyl groups is 1. The van der Waals surface area contributed by atoms with Gasteiger partial charge >= 0.3 is 0 Å². The molecular formula is C22H31FN2O4. The lowest BCUT2D eigenvalue weighted by molar-refractivity contribution is 0.149. The Hall–Kier alpha value is -2.35. The molecule has 0 saturated carbocycles. The molecule has 7 heteroatoms. The average Bonchev–Trinajstić information content (AvgIpc) is 2.73. The smallest absolute Gasteiger partial charge is 0.165 e. The third kappa shape index (κ3) is 7.53. The second kappa shape index (κ2) is 12.3. The van der Waals surface area contributed by atoms with Gasteiger partial charge in [0.05, 0.1) is 20.3 Å². The summed E-state index contributed by atoms with van der Waals surface area (Å²) in [6, 6.07) is 12.6. The van der Waals surface area contributed by atoms with Crippen LogP contribution in [0.15, 0.2) is 42.5 Å². The first-order chi connectivity index (χ1) is 14.1. The van der Waals surface area contributed by atoms with Gasteiger partial charge in [-0.25, -0.2) is 4.39 Å². The molecule has 6 nitrogen and oxygen atoms in total. The van der Waals surface area contributed by atoms with E-state index in [1.54, 1.807) is 20.3 Å². The van der Waals surface area contributed by atoms with Crippen LogP contribution in [0.1, 0.15) is 5.56 Å². The first-order valence-corrected chi connectivity index (χ1v) is 9.66. The molecule has 0 fully saturated rings. The third-order valence-corrected chi connectivity index (χ3v) is 4.57. The third-order valence-electron chi connectivity index (χ3n) is 4.57. The van der Waals surface area contributed by atoms with Crippen LogP contribution in [0.3, 0.4) is 0 Å². The second-order valence-electron chi connectivity index (χ2n) is 6.76. The van der Waals surface area contributed by atoms with Gasteiger partial charge in [-0.2, -0.15) is 0 Å². The Morgan fingerprint density at radius 2 is 1.79 bits per heavy atom. The Morgan fingerprint density at radius 1 is 1.00 bits per heavy atom. The van der Waals surface area contributed by atoms with Crippen molar-refractivity contribution in [3.63, 3.8) is 0 Å². The maximum Gasteiger partial charge on any atom is 0.165 e. The van der Waals surface area contributed by atoms with Crippen LogP contribution >= 0.6 is 0 Å². The molecule has 0 radical (unpaired) electrons. The Balaban J connectivity index is 1.98. The minimum atomic E-state index is -0.392. The Kier molecular flexibility index (Phi) is 9.70.